The van der Waals surface area contributed by atoms with Crippen LogP contribution in [0.3, 0.4) is 0 Å². The molecule has 0 bridgehead atoms. The van der Waals surface area contributed by atoms with Gasteiger partial charge in [0.25, 0.3) is 0 Å². The number of aliphatic carboxylic acids is 2. The topological polar surface area (TPSA) is 85.2 Å². The van der Waals surface area contributed by atoms with E-state index in [-0.39, 0.29) is 12.8 Å². The Morgan fingerprint density at radius 1 is 0.875 bits per heavy atom. The van der Waals surface area contributed by atoms with Crippen molar-refractivity contribution in [3.05, 3.63) is 47.5 Å². The zero-order valence-electron chi connectivity index (χ0n) is 13.4. The lowest BCUT2D eigenvalue weighted by molar-refractivity contribution is -0.306. The van der Waals surface area contributed by atoms with Gasteiger partial charge in [-0.25, -0.2) is 0 Å². The van der Waals surface area contributed by atoms with E-state index in [1.807, 2.05) is 24.3 Å². The first-order valence-electron chi connectivity index (χ1n) is 7.93. The number of aromatic nitrogens is 1. The molecule has 0 saturated carbocycles. The molecule has 0 aliphatic heterocycles. The number of hydrogen-bond acceptors (Lipinski definition) is 4. The number of carboxylic acid groups (broad SMARTS) is 2. The largest absolute Gasteiger partial charge is 0.550 e. The molecule has 1 aromatic heterocycles. The van der Waals surface area contributed by atoms with E-state index in [0.717, 1.165) is 34.8 Å². The van der Waals surface area contributed by atoms with Crippen LogP contribution >= 0.6 is 0 Å². The molecule has 5 heteroatoms. The Hall–Kier alpha value is -2.82. The molecule has 0 fully saturated rings. The highest BCUT2D eigenvalue weighted by molar-refractivity contribution is 6.08. The molecule has 0 spiro atoms. The van der Waals surface area contributed by atoms with Gasteiger partial charge in [0.15, 0.2) is 0 Å². The Balaban J connectivity index is 2.25. The normalized spacial score (nSPS) is 11.2. The van der Waals surface area contributed by atoms with E-state index >= 15 is 0 Å². The lowest BCUT2D eigenvalue weighted by atomic mass is 10.0. The van der Waals surface area contributed by atoms with Gasteiger partial charge >= 0.3 is 0 Å². The second kappa shape index (κ2) is 6.35. The smallest absolute Gasteiger partial charge is 0.0491 e. The fourth-order valence-electron chi connectivity index (χ4n) is 3.22. The average molecular weight is 323 g/mol. The van der Waals surface area contributed by atoms with Crippen LogP contribution in [0.5, 0.6) is 0 Å². The molecule has 124 valence electrons. The fourth-order valence-corrected chi connectivity index (χ4v) is 3.22. The first-order valence-corrected chi connectivity index (χ1v) is 7.93. The van der Waals surface area contributed by atoms with E-state index in [2.05, 4.69) is 11.5 Å². The Bertz CT molecular complexity index is 866. The van der Waals surface area contributed by atoms with Crippen LogP contribution in [0.15, 0.2) is 36.4 Å². The summed E-state index contributed by atoms with van der Waals surface area (Å²) in [5.74, 6) is -2.24. The summed E-state index contributed by atoms with van der Waals surface area (Å²) in [4.78, 5) is 21.7. The number of fused-ring (bicyclic) bond motifs is 3. The fraction of sp³-hybridized carbons (Fsp3) is 0.263. The number of carbonyl (C=O) groups excluding carboxylic acids is 2. The second-order valence-corrected chi connectivity index (χ2v) is 5.95. The molecular weight excluding hydrogens is 306 g/mol. The van der Waals surface area contributed by atoms with Crippen LogP contribution in [-0.4, -0.2) is 16.5 Å². The highest BCUT2D eigenvalue weighted by Crippen LogP contribution is 2.31. The molecule has 0 aliphatic rings. The van der Waals surface area contributed by atoms with Crippen molar-refractivity contribution in [2.24, 2.45) is 0 Å². The molecule has 0 saturated heterocycles. The summed E-state index contributed by atoms with van der Waals surface area (Å²) in [5.41, 5.74) is 3.37. The molecule has 0 unspecified atom stereocenters. The van der Waals surface area contributed by atoms with E-state index in [1.54, 1.807) is 12.1 Å². The van der Waals surface area contributed by atoms with Gasteiger partial charge in [-0.15, -0.1) is 0 Å². The Morgan fingerprint density at radius 2 is 1.33 bits per heavy atom. The van der Waals surface area contributed by atoms with Gasteiger partial charge in [-0.05, 0) is 41.8 Å². The predicted octanol–water partition coefficient (Wildman–Crippen LogP) is 0.789. The Labute approximate surface area is 139 Å². The zero-order valence-corrected chi connectivity index (χ0v) is 13.4. The molecule has 0 amide bonds. The minimum Gasteiger partial charge on any atom is -0.550 e. The van der Waals surface area contributed by atoms with Crippen molar-refractivity contribution in [2.45, 2.75) is 32.7 Å². The summed E-state index contributed by atoms with van der Waals surface area (Å²) in [6.07, 6.45) is 0.671. The summed E-state index contributed by atoms with van der Waals surface area (Å²) in [6, 6.07) is 11.1. The Kier molecular flexibility index (Phi) is 4.25. The third-order valence-electron chi connectivity index (χ3n) is 4.14. The molecule has 0 atom stereocenters. The maximum atomic E-state index is 10.9. The molecule has 1 heterocycles. The van der Waals surface area contributed by atoms with Crippen LogP contribution in [-0.2, 0) is 29.0 Å². The second-order valence-electron chi connectivity index (χ2n) is 5.95. The number of nitrogens with zero attached hydrogens (tertiary/aromatic N) is 1. The van der Waals surface area contributed by atoms with Gasteiger partial charge < -0.3 is 24.4 Å². The van der Waals surface area contributed by atoms with Crippen molar-refractivity contribution in [3.63, 3.8) is 0 Å². The van der Waals surface area contributed by atoms with Crippen LogP contribution in [0.1, 0.15) is 24.5 Å². The molecule has 0 radical (unpaired) electrons. The molecule has 5 nitrogen and oxygen atoms in total. The van der Waals surface area contributed by atoms with Gasteiger partial charge in [0, 0.05) is 53.1 Å². The molecule has 0 aliphatic carbocycles. The van der Waals surface area contributed by atoms with Crippen molar-refractivity contribution in [3.8, 4) is 0 Å². The minimum atomic E-state index is -1.12. The van der Waals surface area contributed by atoms with E-state index in [9.17, 15) is 19.8 Å². The molecule has 0 N–H and O–H groups in total. The average Bonchev–Trinajstić information content (AvgIpc) is 2.80. The van der Waals surface area contributed by atoms with Gasteiger partial charge in [0.05, 0.1) is 0 Å². The van der Waals surface area contributed by atoms with Gasteiger partial charge in [0.1, 0.15) is 0 Å². The third kappa shape index (κ3) is 2.97. The first-order chi connectivity index (χ1) is 11.5. The van der Waals surface area contributed by atoms with Crippen molar-refractivity contribution in [2.75, 3.05) is 0 Å². The van der Waals surface area contributed by atoms with Crippen molar-refractivity contribution < 1.29 is 19.8 Å². The van der Waals surface area contributed by atoms with Crippen molar-refractivity contribution >= 4 is 33.7 Å². The van der Waals surface area contributed by atoms with Crippen molar-refractivity contribution in [1.29, 1.82) is 0 Å². The number of benzene rings is 2. The van der Waals surface area contributed by atoms with E-state index < -0.39 is 11.9 Å². The number of hydrogen-bond donors (Lipinski definition) is 0. The molecule has 2 aromatic carbocycles. The van der Waals surface area contributed by atoms with Gasteiger partial charge in [-0.2, -0.15) is 0 Å². The van der Waals surface area contributed by atoms with Gasteiger partial charge in [0.2, 0.25) is 0 Å². The summed E-state index contributed by atoms with van der Waals surface area (Å²) in [7, 11) is 0. The maximum absolute atomic E-state index is 10.9. The summed E-state index contributed by atoms with van der Waals surface area (Å²) in [6.45, 7) is 2.92. The monoisotopic (exact) mass is 323 g/mol. The van der Waals surface area contributed by atoms with E-state index in [4.69, 9.17) is 0 Å². The molecule has 3 aromatic rings. The molecule has 24 heavy (non-hydrogen) atoms. The summed E-state index contributed by atoms with van der Waals surface area (Å²) < 4.78 is 2.18. The van der Waals surface area contributed by atoms with Gasteiger partial charge in [-0.3, -0.25) is 0 Å². The standard InChI is InChI=1S/C19H19NO4/c1-2-7-20-16-5-3-12(10-18(21)22)8-14(16)15-9-13(11-19(23)24)4-6-17(15)20/h3-6,8-9H,2,7,10-11H2,1H3,(H,21,22)(H,23,24)/p-2. The van der Waals surface area contributed by atoms with E-state index in [1.165, 1.54) is 0 Å². The summed E-state index contributed by atoms with van der Waals surface area (Å²) >= 11 is 0. The Morgan fingerprint density at radius 3 is 1.71 bits per heavy atom. The lowest BCUT2D eigenvalue weighted by Gasteiger charge is -2.07. The SMILES string of the molecule is CCCn1c2ccc(CC(=O)[O-])cc2c2cc(CC(=O)[O-])ccc21. The van der Waals surface area contributed by atoms with Crippen LogP contribution in [0.2, 0.25) is 0 Å². The first kappa shape index (κ1) is 16.1. The quantitative estimate of drug-likeness (QED) is 0.671. The highest BCUT2D eigenvalue weighted by Gasteiger charge is 2.11. The van der Waals surface area contributed by atoms with Crippen LogP contribution < -0.4 is 10.2 Å². The van der Waals surface area contributed by atoms with Crippen LogP contribution in [0.4, 0.5) is 0 Å². The maximum Gasteiger partial charge on any atom is 0.0491 e. The number of carbonyl (C=O) groups is 2. The zero-order chi connectivity index (χ0) is 17.3. The molecular formula is C19H17NO4-2. The third-order valence-corrected chi connectivity index (χ3v) is 4.14. The highest BCUT2D eigenvalue weighted by atomic mass is 16.4. The molecule has 3 rings (SSSR count). The lowest BCUT2D eigenvalue weighted by Crippen LogP contribution is -2.24. The van der Waals surface area contributed by atoms with Crippen molar-refractivity contribution in [1.82, 2.24) is 4.57 Å². The number of carboxylic acids is 2. The van der Waals surface area contributed by atoms with Crippen LogP contribution in [0, 0.1) is 0 Å². The summed E-state index contributed by atoms with van der Waals surface area (Å²) in [5, 5.41) is 23.6. The predicted molar refractivity (Wildman–Crippen MR) is 87.2 cm³/mol. The van der Waals surface area contributed by atoms with E-state index in [0.29, 0.717) is 11.1 Å². The van der Waals surface area contributed by atoms with Gasteiger partial charge in [-0.1, -0.05) is 19.1 Å². The number of rotatable bonds is 6. The minimum absolute atomic E-state index is 0.144. The van der Waals surface area contributed by atoms with Crippen LogP contribution in [0.25, 0.3) is 21.8 Å². The number of aryl methyl sites for hydroxylation is 1.